The molecule has 1 aromatic heterocycles. The fourth-order valence-electron chi connectivity index (χ4n) is 6.38. The molecule has 0 saturated carbocycles. The summed E-state index contributed by atoms with van der Waals surface area (Å²) in [6, 6.07) is 55.2. The van der Waals surface area contributed by atoms with Crippen LogP contribution in [0, 0.1) is 0 Å². The van der Waals surface area contributed by atoms with Crippen LogP contribution >= 0.6 is 0 Å². The Morgan fingerprint density at radius 3 is 1.79 bits per heavy atom. The van der Waals surface area contributed by atoms with Crippen molar-refractivity contribution in [1.82, 2.24) is 0 Å². The van der Waals surface area contributed by atoms with Crippen LogP contribution in [-0.4, -0.2) is 6.54 Å². The number of oxazole rings is 1. The van der Waals surface area contributed by atoms with Crippen LogP contribution in [0.4, 0.5) is 5.69 Å². The fraction of sp³-hybridized carbons (Fsp3) is 0.0930. The van der Waals surface area contributed by atoms with E-state index in [4.69, 9.17) is 9.15 Å². The highest BCUT2D eigenvalue weighted by molar-refractivity contribution is 5.80. The van der Waals surface area contributed by atoms with Crippen LogP contribution in [0.25, 0.3) is 39.4 Å². The molecule has 0 atom stereocenters. The molecule has 4 nitrogen and oxygen atoms in total. The molecule has 4 heteroatoms. The molecule has 7 aromatic rings. The third-order valence-corrected chi connectivity index (χ3v) is 8.86. The van der Waals surface area contributed by atoms with E-state index in [1.54, 1.807) is 0 Å². The molecule has 1 aliphatic rings. The lowest BCUT2D eigenvalue weighted by Crippen LogP contribution is -2.37. The number of fused-ring (bicyclic) bond motifs is 2. The summed E-state index contributed by atoms with van der Waals surface area (Å²) in [4.78, 5) is 2.29. The van der Waals surface area contributed by atoms with Gasteiger partial charge in [-0.1, -0.05) is 133 Å². The molecular weight excluding hydrogens is 576 g/mol. The van der Waals surface area contributed by atoms with E-state index in [1.165, 1.54) is 22.3 Å². The maximum Gasteiger partial charge on any atom is 0.379 e. The zero-order valence-corrected chi connectivity index (χ0v) is 26.1. The number of rotatable bonds is 9. The van der Waals surface area contributed by atoms with Gasteiger partial charge in [0, 0.05) is 19.0 Å². The van der Waals surface area contributed by atoms with Crippen molar-refractivity contribution in [3.05, 3.63) is 181 Å². The third-order valence-electron chi connectivity index (χ3n) is 8.86. The number of anilines is 1. The molecule has 6 aromatic carbocycles. The number of hydrogen-bond donors (Lipinski definition) is 0. The van der Waals surface area contributed by atoms with Crippen molar-refractivity contribution in [3.8, 4) is 28.0 Å². The minimum Gasteiger partial charge on any atom is -0.438 e. The second-order valence-corrected chi connectivity index (χ2v) is 11.9. The molecule has 0 spiro atoms. The number of hydrogen-bond acceptors (Lipinski definition) is 3. The van der Waals surface area contributed by atoms with Gasteiger partial charge in [0.2, 0.25) is 11.5 Å². The molecule has 2 heterocycles. The van der Waals surface area contributed by atoms with Crippen LogP contribution in [0.15, 0.2) is 168 Å². The van der Waals surface area contributed by atoms with E-state index in [9.17, 15) is 0 Å². The third kappa shape index (κ3) is 6.06. The molecule has 0 fully saturated rings. The van der Waals surface area contributed by atoms with Crippen LogP contribution in [-0.2, 0) is 19.4 Å². The van der Waals surface area contributed by atoms with Gasteiger partial charge in [-0.3, -0.25) is 0 Å². The lowest BCUT2D eigenvalue weighted by atomic mass is 10.0. The zero-order chi connectivity index (χ0) is 31.4. The predicted octanol–water partition coefficient (Wildman–Crippen LogP) is 9.74. The largest absolute Gasteiger partial charge is 0.438 e. The SMILES string of the molecule is C(=C1Oc2ccc(-c3ccccc3)cc2N1CCc1ccccc1)c1oc2ccc(-c3ccccc3)cc2[n+]1CCc1ccccc1. The minimum absolute atomic E-state index is 0.761. The van der Waals surface area contributed by atoms with E-state index in [2.05, 4.69) is 173 Å². The van der Waals surface area contributed by atoms with Gasteiger partial charge in [-0.15, -0.1) is 0 Å². The molecule has 0 unspecified atom stereocenters. The van der Waals surface area contributed by atoms with Crippen LogP contribution in [0.2, 0.25) is 0 Å². The molecule has 0 bridgehead atoms. The average Bonchev–Trinajstić information content (AvgIpc) is 3.67. The molecule has 0 N–H and O–H groups in total. The minimum atomic E-state index is 0.761. The topological polar surface area (TPSA) is 29.5 Å². The van der Waals surface area contributed by atoms with Crippen molar-refractivity contribution in [2.24, 2.45) is 0 Å². The first-order valence-corrected chi connectivity index (χ1v) is 16.2. The lowest BCUT2D eigenvalue weighted by molar-refractivity contribution is -0.677. The molecular formula is C43H35N2O2+. The summed E-state index contributed by atoms with van der Waals surface area (Å²) in [5, 5.41) is 0. The van der Waals surface area contributed by atoms with Crippen molar-refractivity contribution in [2.45, 2.75) is 19.4 Å². The van der Waals surface area contributed by atoms with Crippen molar-refractivity contribution in [3.63, 3.8) is 0 Å². The molecule has 0 saturated heterocycles. The standard InChI is InChI=1S/C43H35N2O2/c1-5-13-32(14-6-1)25-27-44-38-29-36(34-17-9-3-10-18-34)21-23-40(38)46-42(44)31-43-45(28-26-33-15-7-2-8-16-33)39-30-37(22-24-41(39)47-43)35-19-11-4-12-20-35/h1-24,29-31H,25-28H2/q+1. The molecule has 0 aliphatic carbocycles. The van der Waals surface area contributed by atoms with Gasteiger partial charge in [-0.25, -0.2) is 0 Å². The number of nitrogens with zero attached hydrogens (tertiary/aromatic N) is 2. The van der Waals surface area contributed by atoms with Gasteiger partial charge < -0.3 is 14.1 Å². The normalized spacial score (nSPS) is 13.2. The highest BCUT2D eigenvalue weighted by Gasteiger charge is 2.30. The second kappa shape index (κ2) is 12.9. The Hall–Kier alpha value is -5.87. The monoisotopic (exact) mass is 611 g/mol. The quantitative estimate of drug-likeness (QED) is 0.152. The van der Waals surface area contributed by atoms with Gasteiger partial charge in [0.05, 0.1) is 5.69 Å². The average molecular weight is 612 g/mol. The van der Waals surface area contributed by atoms with Crippen LogP contribution in [0.1, 0.15) is 17.0 Å². The summed E-state index contributed by atoms with van der Waals surface area (Å²) in [7, 11) is 0. The summed E-state index contributed by atoms with van der Waals surface area (Å²) < 4.78 is 15.5. The fourth-order valence-corrected chi connectivity index (χ4v) is 6.38. The lowest BCUT2D eigenvalue weighted by Gasteiger charge is -2.18. The van der Waals surface area contributed by atoms with Crippen molar-refractivity contribution >= 4 is 22.9 Å². The Kier molecular flexibility index (Phi) is 7.82. The van der Waals surface area contributed by atoms with Gasteiger partial charge >= 0.3 is 5.89 Å². The Balaban J connectivity index is 1.21. The van der Waals surface area contributed by atoms with Crippen LogP contribution in [0.5, 0.6) is 5.75 Å². The van der Waals surface area contributed by atoms with Crippen molar-refractivity contribution in [1.29, 1.82) is 0 Å². The smallest absolute Gasteiger partial charge is 0.379 e. The molecule has 0 amide bonds. The summed E-state index contributed by atoms with van der Waals surface area (Å²) in [5.41, 5.74) is 10.2. The van der Waals surface area contributed by atoms with Gasteiger partial charge in [0.15, 0.2) is 12.3 Å². The highest BCUT2D eigenvalue weighted by Crippen LogP contribution is 2.42. The Morgan fingerprint density at radius 2 is 1.13 bits per heavy atom. The second-order valence-electron chi connectivity index (χ2n) is 11.9. The van der Waals surface area contributed by atoms with E-state index in [1.807, 2.05) is 0 Å². The first kappa shape index (κ1) is 28.6. The zero-order valence-electron chi connectivity index (χ0n) is 26.1. The number of ether oxygens (including phenoxy) is 1. The van der Waals surface area contributed by atoms with E-state index in [0.29, 0.717) is 0 Å². The van der Waals surface area contributed by atoms with Gasteiger partial charge in [-0.05, 0) is 58.0 Å². The van der Waals surface area contributed by atoms with E-state index in [0.717, 1.165) is 71.4 Å². The Morgan fingerprint density at radius 1 is 0.553 bits per heavy atom. The molecule has 228 valence electrons. The number of aromatic nitrogens is 1. The van der Waals surface area contributed by atoms with Crippen molar-refractivity contribution < 1.29 is 13.7 Å². The maximum absolute atomic E-state index is 6.62. The summed E-state index contributed by atoms with van der Waals surface area (Å²) >= 11 is 0. The molecule has 8 rings (SSSR count). The summed E-state index contributed by atoms with van der Waals surface area (Å²) in [6.45, 7) is 1.53. The predicted molar refractivity (Wildman–Crippen MR) is 190 cm³/mol. The van der Waals surface area contributed by atoms with E-state index >= 15 is 0 Å². The van der Waals surface area contributed by atoms with Crippen LogP contribution < -0.4 is 14.2 Å². The number of benzene rings is 6. The molecule has 47 heavy (non-hydrogen) atoms. The highest BCUT2D eigenvalue weighted by atomic mass is 16.5. The van der Waals surface area contributed by atoms with Gasteiger partial charge in [-0.2, -0.15) is 4.57 Å². The molecule has 1 aliphatic heterocycles. The van der Waals surface area contributed by atoms with E-state index in [-0.39, 0.29) is 0 Å². The van der Waals surface area contributed by atoms with Gasteiger partial charge in [0.1, 0.15) is 6.08 Å². The van der Waals surface area contributed by atoms with Crippen LogP contribution in [0.3, 0.4) is 0 Å². The first-order chi connectivity index (χ1) is 23.3. The van der Waals surface area contributed by atoms with Gasteiger partial charge in [0.25, 0.3) is 5.52 Å². The number of aryl methyl sites for hydroxylation is 2. The maximum atomic E-state index is 6.62. The first-order valence-electron chi connectivity index (χ1n) is 16.2. The Bertz CT molecular complexity index is 2150. The van der Waals surface area contributed by atoms with Crippen molar-refractivity contribution in [2.75, 3.05) is 11.4 Å². The summed E-state index contributed by atoms with van der Waals surface area (Å²) in [6.07, 6.45) is 3.83. The Labute approximate surface area is 275 Å². The summed E-state index contributed by atoms with van der Waals surface area (Å²) in [5.74, 6) is 2.37. The molecule has 0 radical (unpaired) electrons. The van der Waals surface area contributed by atoms with E-state index < -0.39 is 0 Å².